The minimum Gasteiger partial charge on any atom is -0.368 e. The van der Waals surface area contributed by atoms with Crippen molar-refractivity contribution >= 4 is 35.8 Å². The Bertz CT molecular complexity index is 572. The second-order valence-corrected chi connectivity index (χ2v) is 9.49. The van der Waals surface area contributed by atoms with Gasteiger partial charge in [-0.3, -0.25) is 14.7 Å². The first kappa shape index (κ1) is 25.6. The van der Waals surface area contributed by atoms with E-state index in [4.69, 9.17) is 9.73 Å². The average molecular weight is 536 g/mol. The number of nitrogens with zero attached hydrogens (tertiary/aromatic N) is 4. The summed E-state index contributed by atoms with van der Waals surface area (Å²) in [5.41, 5.74) is 0.0625. The summed E-state index contributed by atoms with van der Waals surface area (Å²) in [6.07, 6.45) is 4.28. The Labute approximate surface area is 200 Å². The summed E-state index contributed by atoms with van der Waals surface area (Å²) in [4.78, 5) is 24.5. The smallest absolute Gasteiger partial charge is 0.251 e. The number of ether oxygens (including phenoxy) is 1. The van der Waals surface area contributed by atoms with Crippen molar-refractivity contribution in [1.29, 1.82) is 0 Å². The van der Waals surface area contributed by atoms with Gasteiger partial charge in [0, 0.05) is 51.4 Å². The van der Waals surface area contributed by atoms with E-state index in [9.17, 15) is 4.79 Å². The standard InChI is InChI=1S/C22H41N5O2.HI/c1-5-23-21(24-17-22(3,4)27-10-6-8-18(2)16-27)26-13-11-25(12-14-26)20(28)19-9-7-15-29-19;/h18-19H,5-17H2,1-4H3,(H,23,24);1H. The van der Waals surface area contributed by atoms with Gasteiger partial charge in [-0.05, 0) is 58.9 Å². The molecular weight excluding hydrogens is 493 g/mol. The van der Waals surface area contributed by atoms with Gasteiger partial charge in [0.15, 0.2) is 5.96 Å². The summed E-state index contributed by atoms with van der Waals surface area (Å²) >= 11 is 0. The Morgan fingerprint density at radius 1 is 1.10 bits per heavy atom. The molecule has 0 aromatic heterocycles. The topological polar surface area (TPSA) is 60.4 Å². The van der Waals surface area contributed by atoms with Crippen LogP contribution >= 0.6 is 24.0 Å². The van der Waals surface area contributed by atoms with Crippen molar-refractivity contribution < 1.29 is 9.53 Å². The van der Waals surface area contributed by atoms with Crippen molar-refractivity contribution in [3.8, 4) is 0 Å². The van der Waals surface area contributed by atoms with Crippen LogP contribution in [0.15, 0.2) is 4.99 Å². The molecule has 1 amide bonds. The lowest BCUT2D eigenvalue weighted by Gasteiger charge is -2.42. The van der Waals surface area contributed by atoms with Crippen molar-refractivity contribution in [2.24, 2.45) is 10.9 Å². The van der Waals surface area contributed by atoms with Crippen molar-refractivity contribution in [3.05, 3.63) is 0 Å². The predicted octanol–water partition coefficient (Wildman–Crippen LogP) is 2.40. The number of nitrogens with one attached hydrogen (secondary N) is 1. The Morgan fingerprint density at radius 2 is 1.80 bits per heavy atom. The van der Waals surface area contributed by atoms with Crippen molar-refractivity contribution in [3.63, 3.8) is 0 Å². The summed E-state index contributed by atoms with van der Waals surface area (Å²) in [6, 6.07) is 0. The molecule has 0 radical (unpaired) electrons. The van der Waals surface area contributed by atoms with E-state index < -0.39 is 0 Å². The fourth-order valence-corrected chi connectivity index (χ4v) is 4.65. The molecule has 30 heavy (non-hydrogen) atoms. The highest BCUT2D eigenvalue weighted by molar-refractivity contribution is 14.0. The highest BCUT2D eigenvalue weighted by atomic mass is 127. The van der Waals surface area contributed by atoms with Crippen LogP contribution in [0.5, 0.6) is 0 Å². The van der Waals surface area contributed by atoms with Gasteiger partial charge in [-0.15, -0.1) is 24.0 Å². The zero-order valence-electron chi connectivity index (χ0n) is 19.4. The molecule has 3 aliphatic rings. The van der Waals surface area contributed by atoms with Gasteiger partial charge in [-0.25, -0.2) is 0 Å². The summed E-state index contributed by atoms with van der Waals surface area (Å²) < 4.78 is 5.58. The number of piperidine rings is 1. The van der Waals surface area contributed by atoms with Crippen LogP contribution < -0.4 is 5.32 Å². The first-order chi connectivity index (χ1) is 13.9. The van der Waals surface area contributed by atoms with Crippen LogP contribution in [-0.2, 0) is 9.53 Å². The average Bonchev–Trinajstić information content (AvgIpc) is 3.26. The van der Waals surface area contributed by atoms with Crippen LogP contribution in [0.2, 0.25) is 0 Å². The molecule has 2 atom stereocenters. The van der Waals surface area contributed by atoms with Gasteiger partial charge < -0.3 is 19.9 Å². The number of carbonyl (C=O) groups excluding carboxylic acids is 1. The molecule has 2 unspecified atom stereocenters. The molecule has 0 saturated carbocycles. The van der Waals surface area contributed by atoms with E-state index in [1.807, 2.05) is 4.90 Å². The molecule has 0 aliphatic carbocycles. The van der Waals surface area contributed by atoms with E-state index in [2.05, 4.69) is 42.8 Å². The van der Waals surface area contributed by atoms with Crippen molar-refractivity contribution in [2.75, 3.05) is 59.0 Å². The number of amides is 1. The molecule has 1 N–H and O–H groups in total. The van der Waals surface area contributed by atoms with Crippen LogP contribution in [0.4, 0.5) is 0 Å². The molecule has 0 bridgehead atoms. The van der Waals surface area contributed by atoms with Gasteiger partial charge in [0.1, 0.15) is 6.10 Å². The first-order valence-corrected chi connectivity index (χ1v) is 11.6. The fourth-order valence-electron chi connectivity index (χ4n) is 4.65. The van der Waals surface area contributed by atoms with Crippen molar-refractivity contribution in [1.82, 2.24) is 20.0 Å². The minimum absolute atomic E-state index is 0. The summed E-state index contributed by atoms with van der Waals surface area (Å²) in [7, 11) is 0. The van der Waals surface area contributed by atoms with Crippen molar-refractivity contribution in [2.45, 2.75) is 65.0 Å². The highest BCUT2D eigenvalue weighted by Crippen LogP contribution is 2.24. The Balaban J connectivity index is 0.00000320. The summed E-state index contributed by atoms with van der Waals surface area (Å²) in [5, 5.41) is 3.47. The monoisotopic (exact) mass is 535 g/mol. The Hall–Kier alpha value is -0.610. The fraction of sp³-hybridized carbons (Fsp3) is 0.909. The van der Waals surface area contributed by atoms with Gasteiger partial charge in [0.2, 0.25) is 0 Å². The maximum Gasteiger partial charge on any atom is 0.251 e. The number of likely N-dealkylation sites (tertiary alicyclic amines) is 1. The van der Waals surface area contributed by atoms with E-state index in [-0.39, 0.29) is 41.5 Å². The zero-order valence-corrected chi connectivity index (χ0v) is 21.7. The van der Waals surface area contributed by atoms with Gasteiger partial charge >= 0.3 is 0 Å². The van der Waals surface area contributed by atoms with Gasteiger partial charge in [0.25, 0.3) is 5.91 Å². The van der Waals surface area contributed by atoms with Crippen LogP contribution in [0.1, 0.15) is 53.4 Å². The third-order valence-electron chi connectivity index (χ3n) is 6.56. The largest absolute Gasteiger partial charge is 0.368 e. The SMILES string of the molecule is CCNC(=NCC(C)(C)N1CCCC(C)C1)N1CCN(C(=O)C2CCCO2)CC1.I. The lowest BCUT2D eigenvalue weighted by Crippen LogP contribution is -2.56. The Morgan fingerprint density at radius 3 is 2.40 bits per heavy atom. The number of halogens is 1. The number of guanidine groups is 1. The third-order valence-corrected chi connectivity index (χ3v) is 6.56. The maximum atomic E-state index is 12.6. The molecule has 3 rings (SSSR count). The van der Waals surface area contributed by atoms with E-state index in [1.165, 1.54) is 25.9 Å². The number of carbonyl (C=O) groups is 1. The predicted molar refractivity (Wildman–Crippen MR) is 133 cm³/mol. The number of rotatable bonds is 5. The van der Waals surface area contributed by atoms with Crippen LogP contribution in [-0.4, -0.2) is 97.2 Å². The van der Waals surface area contributed by atoms with E-state index >= 15 is 0 Å². The van der Waals surface area contributed by atoms with E-state index in [1.54, 1.807) is 0 Å². The summed E-state index contributed by atoms with van der Waals surface area (Å²) in [5.74, 6) is 1.92. The first-order valence-electron chi connectivity index (χ1n) is 11.6. The van der Waals surface area contributed by atoms with Gasteiger partial charge in [0.05, 0.1) is 6.54 Å². The number of piperazine rings is 1. The molecule has 8 heteroatoms. The maximum absolute atomic E-state index is 12.6. The summed E-state index contributed by atoms with van der Waals surface area (Å²) in [6.45, 7) is 17.0. The quantitative estimate of drug-likeness (QED) is 0.333. The molecule has 3 fully saturated rings. The molecule has 3 saturated heterocycles. The van der Waals surface area contributed by atoms with Crippen LogP contribution in [0.3, 0.4) is 0 Å². The molecule has 7 nitrogen and oxygen atoms in total. The molecule has 3 aliphatic heterocycles. The van der Waals surface area contributed by atoms with Crippen LogP contribution in [0.25, 0.3) is 0 Å². The minimum atomic E-state index is -0.212. The van der Waals surface area contributed by atoms with Crippen LogP contribution in [0, 0.1) is 5.92 Å². The lowest BCUT2D eigenvalue weighted by molar-refractivity contribution is -0.142. The zero-order chi connectivity index (χ0) is 20.9. The Kier molecular flexibility index (Phi) is 10.1. The van der Waals surface area contributed by atoms with Gasteiger partial charge in [-0.1, -0.05) is 6.92 Å². The molecule has 0 aromatic rings. The highest BCUT2D eigenvalue weighted by Gasteiger charge is 2.32. The van der Waals surface area contributed by atoms with Gasteiger partial charge in [-0.2, -0.15) is 0 Å². The number of hydrogen-bond donors (Lipinski definition) is 1. The molecule has 174 valence electrons. The molecule has 0 aromatic carbocycles. The molecular formula is C22H42IN5O2. The van der Waals surface area contributed by atoms with E-state index in [0.29, 0.717) is 0 Å². The third kappa shape index (κ3) is 6.69. The second-order valence-electron chi connectivity index (χ2n) is 9.49. The lowest BCUT2D eigenvalue weighted by atomic mass is 9.94. The van der Waals surface area contributed by atoms with E-state index in [0.717, 1.165) is 70.6 Å². The number of aliphatic imine (C=N–C) groups is 1. The molecule has 0 spiro atoms. The second kappa shape index (κ2) is 11.9. The molecule has 3 heterocycles. The normalized spacial score (nSPS) is 26.5. The number of hydrogen-bond acceptors (Lipinski definition) is 4.